The van der Waals surface area contributed by atoms with Crippen molar-refractivity contribution in [3.8, 4) is 0 Å². The van der Waals surface area contributed by atoms with Crippen LogP contribution < -0.4 is 11.1 Å². The molecule has 4 N–H and O–H groups in total. The minimum absolute atomic E-state index is 0.121. The van der Waals surface area contributed by atoms with Crippen LogP contribution in [0, 0.1) is 0 Å². The fraction of sp³-hybridized carbons (Fsp3) is 0.120. The molecule has 6 heteroatoms. The minimum atomic E-state index is -0.832. The molecule has 0 aliphatic heterocycles. The lowest BCUT2D eigenvalue weighted by Gasteiger charge is -2.38. The van der Waals surface area contributed by atoms with Gasteiger partial charge in [-0.05, 0) is 16.7 Å². The zero-order chi connectivity index (χ0) is 21.7. The van der Waals surface area contributed by atoms with Crippen molar-refractivity contribution >= 4 is 11.7 Å². The molecule has 0 aliphatic rings. The van der Waals surface area contributed by atoms with Crippen molar-refractivity contribution in [2.24, 2.45) is 5.73 Å². The largest absolute Gasteiger partial charge is 0.394 e. The average Bonchev–Trinajstić information content (AvgIpc) is 3.22. The maximum atomic E-state index is 12.2. The quantitative estimate of drug-likeness (QED) is 0.387. The van der Waals surface area contributed by atoms with Gasteiger partial charge in [0.05, 0.1) is 19.3 Å². The van der Waals surface area contributed by atoms with Crippen molar-refractivity contribution in [3.05, 3.63) is 119 Å². The van der Waals surface area contributed by atoms with Crippen LogP contribution in [0.15, 0.2) is 97.2 Å². The van der Waals surface area contributed by atoms with Gasteiger partial charge in [0.25, 0.3) is 5.91 Å². The smallest absolute Gasteiger partial charge is 0.254 e. The minimum Gasteiger partial charge on any atom is -0.394 e. The first-order valence-corrected chi connectivity index (χ1v) is 10.1. The Bertz CT molecular complexity index is 1050. The number of primary amides is 1. The van der Waals surface area contributed by atoms with Crippen LogP contribution in [0.4, 0.5) is 5.82 Å². The van der Waals surface area contributed by atoms with Crippen LogP contribution in [0.2, 0.25) is 0 Å². The van der Waals surface area contributed by atoms with Crippen molar-refractivity contribution in [2.45, 2.75) is 12.1 Å². The van der Waals surface area contributed by atoms with Crippen molar-refractivity contribution in [1.82, 2.24) is 9.78 Å². The Hall–Kier alpha value is -3.90. The van der Waals surface area contributed by atoms with Gasteiger partial charge >= 0.3 is 0 Å². The van der Waals surface area contributed by atoms with Gasteiger partial charge in [-0.15, -0.1) is 0 Å². The van der Waals surface area contributed by atoms with E-state index in [0.717, 1.165) is 16.7 Å². The number of nitrogens with one attached hydrogen (secondary N) is 1. The van der Waals surface area contributed by atoms with E-state index in [4.69, 9.17) is 5.73 Å². The highest BCUT2D eigenvalue weighted by Crippen LogP contribution is 2.40. The SMILES string of the molecule is NC(=O)c1cnn(CCO)c1NC(c1ccccc1)(c1ccccc1)c1ccccc1. The number of carbonyl (C=O) groups excluding carboxylic acids is 1. The maximum Gasteiger partial charge on any atom is 0.254 e. The molecule has 3 aromatic carbocycles. The third kappa shape index (κ3) is 3.81. The van der Waals surface area contributed by atoms with E-state index >= 15 is 0 Å². The molecule has 0 unspecified atom stereocenters. The second-order valence-electron chi connectivity index (χ2n) is 7.19. The van der Waals surface area contributed by atoms with Crippen LogP contribution in [-0.4, -0.2) is 27.4 Å². The molecule has 0 bridgehead atoms. The fourth-order valence-corrected chi connectivity index (χ4v) is 3.92. The summed E-state index contributed by atoms with van der Waals surface area (Å²) in [5, 5.41) is 17.4. The molecule has 0 radical (unpaired) electrons. The lowest BCUT2D eigenvalue weighted by Crippen LogP contribution is -2.39. The zero-order valence-corrected chi connectivity index (χ0v) is 17.0. The maximum absolute atomic E-state index is 12.2. The second-order valence-corrected chi connectivity index (χ2v) is 7.19. The fourth-order valence-electron chi connectivity index (χ4n) is 3.92. The highest BCUT2D eigenvalue weighted by atomic mass is 16.3. The summed E-state index contributed by atoms with van der Waals surface area (Å²) in [5.41, 5.74) is 8.05. The van der Waals surface area contributed by atoms with E-state index in [0.29, 0.717) is 5.82 Å². The number of amides is 1. The molecule has 0 fully saturated rings. The summed E-state index contributed by atoms with van der Waals surface area (Å²) in [6.45, 7) is 0.105. The number of nitrogens with zero attached hydrogens (tertiary/aromatic N) is 2. The van der Waals surface area contributed by atoms with Crippen LogP contribution in [0.1, 0.15) is 27.0 Å². The number of hydrogen-bond donors (Lipinski definition) is 3. The van der Waals surface area contributed by atoms with Gasteiger partial charge in [-0.3, -0.25) is 4.79 Å². The van der Waals surface area contributed by atoms with Crippen LogP contribution in [0.25, 0.3) is 0 Å². The molecule has 6 nitrogen and oxygen atoms in total. The number of aliphatic hydroxyl groups is 1. The Balaban J connectivity index is 2.03. The van der Waals surface area contributed by atoms with Crippen molar-refractivity contribution < 1.29 is 9.90 Å². The number of nitrogens with two attached hydrogens (primary N) is 1. The second kappa shape index (κ2) is 8.85. The van der Waals surface area contributed by atoms with Gasteiger partial charge in [0.15, 0.2) is 0 Å². The van der Waals surface area contributed by atoms with Gasteiger partial charge in [-0.1, -0.05) is 91.0 Å². The molecule has 0 atom stereocenters. The first kappa shape index (κ1) is 20.4. The van der Waals surface area contributed by atoms with Gasteiger partial charge in [-0.25, -0.2) is 4.68 Å². The predicted molar refractivity (Wildman–Crippen MR) is 121 cm³/mol. The highest BCUT2D eigenvalue weighted by molar-refractivity contribution is 5.97. The number of benzene rings is 3. The summed E-state index contributed by atoms with van der Waals surface area (Å²) < 4.78 is 1.57. The Labute approximate surface area is 181 Å². The molecule has 156 valence electrons. The third-order valence-electron chi connectivity index (χ3n) is 5.34. The van der Waals surface area contributed by atoms with Crippen molar-refractivity contribution in [3.63, 3.8) is 0 Å². The number of carbonyl (C=O) groups is 1. The monoisotopic (exact) mass is 412 g/mol. The molecule has 4 aromatic rings. The first-order chi connectivity index (χ1) is 15.2. The molecule has 0 spiro atoms. The molecular weight excluding hydrogens is 388 g/mol. The van der Waals surface area contributed by atoms with Gasteiger partial charge in [-0.2, -0.15) is 5.10 Å². The Kier molecular flexibility index (Phi) is 5.82. The van der Waals surface area contributed by atoms with E-state index in [9.17, 15) is 9.90 Å². The number of aliphatic hydroxyl groups excluding tert-OH is 1. The molecular formula is C25H24N4O2. The molecule has 1 aromatic heterocycles. The van der Waals surface area contributed by atoms with Gasteiger partial charge < -0.3 is 16.2 Å². The summed E-state index contributed by atoms with van der Waals surface area (Å²) in [5.74, 6) is -0.132. The number of hydrogen-bond acceptors (Lipinski definition) is 4. The first-order valence-electron chi connectivity index (χ1n) is 10.1. The molecule has 1 amide bonds. The predicted octanol–water partition coefficient (Wildman–Crippen LogP) is 3.38. The van der Waals surface area contributed by atoms with E-state index < -0.39 is 11.4 Å². The zero-order valence-electron chi connectivity index (χ0n) is 17.0. The van der Waals surface area contributed by atoms with Gasteiger partial charge in [0.2, 0.25) is 0 Å². The van der Waals surface area contributed by atoms with E-state index in [-0.39, 0.29) is 18.7 Å². The number of rotatable bonds is 8. The van der Waals surface area contributed by atoms with Crippen LogP contribution in [0.5, 0.6) is 0 Å². The number of aromatic nitrogens is 2. The Morgan fingerprint density at radius 1 is 0.871 bits per heavy atom. The molecule has 0 saturated heterocycles. The molecule has 31 heavy (non-hydrogen) atoms. The number of anilines is 1. The topological polar surface area (TPSA) is 93.2 Å². The van der Waals surface area contributed by atoms with E-state index in [1.54, 1.807) is 4.68 Å². The van der Waals surface area contributed by atoms with E-state index in [1.165, 1.54) is 6.20 Å². The summed E-state index contributed by atoms with van der Waals surface area (Å²) in [4.78, 5) is 12.2. The van der Waals surface area contributed by atoms with Crippen LogP contribution in [-0.2, 0) is 12.1 Å². The van der Waals surface area contributed by atoms with Gasteiger partial charge in [0, 0.05) is 0 Å². The normalized spacial score (nSPS) is 11.3. The Morgan fingerprint density at radius 2 is 1.32 bits per heavy atom. The van der Waals surface area contributed by atoms with Crippen molar-refractivity contribution in [2.75, 3.05) is 11.9 Å². The molecule has 0 saturated carbocycles. The molecule has 0 aliphatic carbocycles. The lowest BCUT2D eigenvalue weighted by molar-refractivity contribution is 0.100. The summed E-state index contributed by atoms with van der Waals surface area (Å²) in [6, 6.07) is 30.1. The third-order valence-corrected chi connectivity index (χ3v) is 5.34. The molecule has 4 rings (SSSR count). The van der Waals surface area contributed by atoms with Crippen LogP contribution >= 0.6 is 0 Å². The highest BCUT2D eigenvalue weighted by Gasteiger charge is 2.38. The van der Waals surface area contributed by atoms with Crippen molar-refractivity contribution in [1.29, 1.82) is 0 Å². The van der Waals surface area contributed by atoms with E-state index in [1.807, 2.05) is 91.0 Å². The Morgan fingerprint density at radius 3 is 1.71 bits per heavy atom. The lowest BCUT2D eigenvalue weighted by atomic mass is 9.77. The average molecular weight is 412 g/mol. The summed E-state index contributed by atoms with van der Waals surface area (Å²) in [6.07, 6.45) is 1.44. The molecule has 1 heterocycles. The van der Waals surface area contributed by atoms with Crippen LogP contribution in [0.3, 0.4) is 0 Å². The standard InChI is InChI=1S/C25H24N4O2/c26-23(31)22-18-27-29(16-17-30)24(22)28-25(19-10-4-1-5-11-19,20-12-6-2-7-13-20)21-14-8-3-9-15-21/h1-15,18,28,30H,16-17H2,(H2,26,31). The van der Waals surface area contributed by atoms with Gasteiger partial charge in [0.1, 0.15) is 16.9 Å². The summed E-state index contributed by atoms with van der Waals surface area (Å²) >= 11 is 0. The summed E-state index contributed by atoms with van der Waals surface area (Å²) in [7, 11) is 0. The van der Waals surface area contributed by atoms with E-state index in [2.05, 4.69) is 10.4 Å².